The Morgan fingerprint density at radius 3 is 3.06 bits per heavy atom. The lowest BCUT2D eigenvalue weighted by molar-refractivity contribution is 0.0600. The number of thiophene rings is 1. The second-order valence-corrected chi connectivity index (χ2v) is 5.12. The molecule has 0 aromatic carbocycles. The quantitative estimate of drug-likeness (QED) is 0.769. The van der Waals surface area contributed by atoms with Gasteiger partial charge in [0.15, 0.2) is 0 Å². The number of ether oxygens (including phenoxy) is 1. The van der Waals surface area contributed by atoms with Gasteiger partial charge < -0.3 is 15.6 Å². The number of nitrogen functional groups attached to an aromatic ring is 1. The number of hydrogen-bond donors (Lipinski definition) is 2. The lowest BCUT2D eigenvalue weighted by Crippen LogP contribution is -2.32. The van der Waals surface area contributed by atoms with Crippen LogP contribution in [0.1, 0.15) is 20.8 Å². The molecule has 0 radical (unpaired) electrons. The number of hydrogen-bond acceptors (Lipinski definition) is 6. The van der Waals surface area contributed by atoms with E-state index in [9.17, 15) is 4.79 Å². The first kappa shape index (κ1) is 12.3. The van der Waals surface area contributed by atoms with E-state index in [-0.39, 0.29) is 12.6 Å². The SMILES string of the molecule is COC(=O)c1c(N)sc2c1CCN(CCO)C2. The minimum atomic E-state index is -0.351. The van der Waals surface area contributed by atoms with Crippen molar-refractivity contribution < 1.29 is 14.6 Å². The molecule has 0 spiro atoms. The number of methoxy groups -OCH3 is 1. The van der Waals surface area contributed by atoms with Crippen molar-refractivity contribution >= 4 is 22.3 Å². The van der Waals surface area contributed by atoms with E-state index in [2.05, 4.69) is 4.90 Å². The highest BCUT2D eigenvalue weighted by molar-refractivity contribution is 7.16. The molecule has 3 N–H and O–H groups in total. The topological polar surface area (TPSA) is 75.8 Å². The van der Waals surface area contributed by atoms with E-state index in [0.29, 0.717) is 17.1 Å². The highest BCUT2D eigenvalue weighted by atomic mass is 32.1. The van der Waals surface area contributed by atoms with Gasteiger partial charge in [0.25, 0.3) is 0 Å². The van der Waals surface area contributed by atoms with Crippen molar-refractivity contribution in [2.75, 3.05) is 32.5 Å². The summed E-state index contributed by atoms with van der Waals surface area (Å²) < 4.78 is 4.75. The summed E-state index contributed by atoms with van der Waals surface area (Å²) >= 11 is 1.44. The van der Waals surface area contributed by atoms with E-state index in [0.717, 1.165) is 30.0 Å². The first-order chi connectivity index (χ1) is 8.17. The molecule has 1 aliphatic heterocycles. The molecule has 0 bridgehead atoms. The van der Waals surface area contributed by atoms with E-state index < -0.39 is 0 Å². The highest BCUT2D eigenvalue weighted by Crippen LogP contribution is 2.35. The minimum absolute atomic E-state index is 0.153. The van der Waals surface area contributed by atoms with Crippen LogP contribution >= 0.6 is 11.3 Å². The predicted octanol–water partition coefficient (Wildman–Crippen LogP) is 0.467. The first-order valence-corrected chi connectivity index (χ1v) is 6.30. The Labute approximate surface area is 104 Å². The molecular formula is C11H16N2O3S. The standard InChI is InChI=1S/C11H16N2O3S/c1-16-11(15)9-7-2-3-13(4-5-14)6-8(7)17-10(9)12/h14H,2-6,12H2,1H3. The monoisotopic (exact) mass is 256 g/mol. The van der Waals surface area contributed by atoms with Crippen molar-refractivity contribution in [2.24, 2.45) is 0 Å². The Bertz CT molecular complexity index is 431. The van der Waals surface area contributed by atoms with Crippen LogP contribution in [0.5, 0.6) is 0 Å². The number of aliphatic hydroxyl groups excluding tert-OH is 1. The van der Waals surface area contributed by atoms with Crippen LogP contribution in [0.2, 0.25) is 0 Å². The highest BCUT2D eigenvalue weighted by Gasteiger charge is 2.27. The number of esters is 1. The smallest absolute Gasteiger partial charge is 0.341 e. The fourth-order valence-corrected chi connectivity index (χ4v) is 3.28. The molecule has 0 unspecified atom stereocenters. The average molecular weight is 256 g/mol. The third kappa shape index (κ3) is 2.29. The number of carbonyl (C=O) groups excluding carboxylic acids is 1. The zero-order chi connectivity index (χ0) is 12.4. The molecule has 6 heteroatoms. The number of rotatable bonds is 3. The molecule has 94 valence electrons. The molecule has 0 saturated carbocycles. The number of nitrogens with two attached hydrogens (primary N) is 1. The number of aliphatic hydroxyl groups is 1. The zero-order valence-electron chi connectivity index (χ0n) is 9.73. The molecule has 1 aromatic heterocycles. The van der Waals surface area contributed by atoms with Crippen LogP contribution in [0, 0.1) is 0 Å². The lowest BCUT2D eigenvalue weighted by atomic mass is 10.0. The van der Waals surface area contributed by atoms with Crippen molar-refractivity contribution in [3.05, 3.63) is 16.0 Å². The number of anilines is 1. The van der Waals surface area contributed by atoms with E-state index in [1.807, 2.05) is 0 Å². The van der Waals surface area contributed by atoms with Crippen LogP contribution in [0.4, 0.5) is 5.00 Å². The van der Waals surface area contributed by atoms with E-state index in [1.54, 1.807) is 0 Å². The third-order valence-electron chi connectivity index (χ3n) is 2.97. The Balaban J connectivity index is 2.27. The normalized spacial score (nSPS) is 15.6. The summed E-state index contributed by atoms with van der Waals surface area (Å²) in [4.78, 5) is 14.9. The summed E-state index contributed by atoms with van der Waals surface area (Å²) in [5.74, 6) is -0.351. The van der Waals surface area contributed by atoms with Gasteiger partial charge in [-0.25, -0.2) is 4.79 Å². The second kappa shape index (κ2) is 5.03. The van der Waals surface area contributed by atoms with E-state index in [1.165, 1.54) is 18.4 Å². The number of carbonyl (C=O) groups is 1. The fourth-order valence-electron chi connectivity index (χ4n) is 2.14. The molecule has 2 rings (SSSR count). The fraction of sp³-hybridized carbons (Fsp3) is 0.545. The summed E-state index contributed by atoms with van der Waals surface area (Å²) in [6.45, 7) is 2.40. The van der Waals surface area contributed by atoms with Gasteiger partial charge in [-0.3, -0.25) is 4.90 Å². The molecular weight excluding hydrogens is 240 g/mol. The van der Waals surface area contributed by atoms with Gasteiger partial charge in [-0.15, -0.1) is 11.3 Å². The van der Waals surface area contributed by atoms with Gasteiger partial charge >= 0.3 is 5.97 Å². The van der Waals surface area contributed by atoms with Gasteiger partial charge in [-0.2, -0.15) is 0 Å². The number of nitrogens with zero attached hydrogens (tertiary/aromatic N) is 1. The van der Waals surface area contributed by atoms with Crippen LogP contribution in [-0.4, -0.2) is 42.8 Å². The summed E-state index contributed by atoms with van der Waals surface area (Å²) in [6.07, 6.45) is 0.785. The zero-order valence-corrected chi connectivity index (χ0v) is 10.5. The van der Waals surface area contributed by atoms with Gasteiger partial charge in [0.05, 0.1) is 19.3 Å². The molecule has 1 aliphatic rings. The largest absolute Gasteiger partial charge is 0.465 e. The average Bonchev–Trinajstić information content (AvgIpc) is 2.64. The Morgan fingerprint density at radius 1 is 1.65 bits per heavy atom. The maximum absolute atomic E-state index is 11.6. The summed E-state index contributed by atoms with van der Waals surface area (Å²) in [7, 11) is 1.37. The minimum Gasteiger partial charge on any atom is -0.465 e. The van der Waals surface area contributed by atoms with Gasteiger partial charge in [0.1, 0.15) is 5.00 Å². The molecule has 0 saturated heterocycles. The van der Waals surface area contributed by atoms with E-state index in [4.69, 9.17) is 15.6 Å². The molecule has 0 atom stereocenters. The summed E-state index contributed by atoms with van der Waals surface area (Å²) in [5.41, 5.74) is 7.43. The Hall–Kier alpha value is -1.11. The first-order valence-electron chi connectivity index (χ1n) is 5.49. The van der Waals surface area contributed by atoms with Crippen LogP contribution in [0.15, 0.2) is 0 Å². The maximum atomic E-state index is 11.6. The second-order valence-electron chi connectivity index (χ2n) is 3.98. The predicted molar refractivity (Wildman–Crippen MR) is 66.1 cm³/mol. The molecule has 2 heterocycles. The van der Waals surface area contributed by atoms with Gasteiger partial charge in [-0.1, -0.05) is 0 Å². The van der Waals surface area contributed by atoms with Gasteiger partial charge in [-0.05, 0) is 12.0 Å². The Kier molecular flexibility index (Phi) is 3.66. The van der Waals surface area contributed by atoms with Crippen LogP contribution in [0.3, 0.4) is 0 Å². The van der Waals surface area contributed by atoms with Gasteiger partial charge in [0, 0.05) is 24.5 Å². The summed E-state index contributed by atoms with van der Waals surface area (Å²) in [5, 5.41) is 9.45. The van der Waals surface area contributed by atoms with Crippen molar-refractivity contribution in [1.29, 1.82) is 0 Å². The molecule has 1 aromatic rings. The van der Waals surface area contributed by atoms with Crippen LogP contribution < -0.4 is 5.73 Å². The van der Waals surface area contributed by atoms with E-state index >= 15 is 0 Å². The third-order valence-corrected chi connectivity index (χ3v) is 4.01. The molecule has 0 amide bonds. The van der Waals surface area contributed by atoms with Crippen molar-refractivity contribution in [1.82, 2.24) is 4.90 Å². The molecule has 0 aliphatic carbocycles. The van der Waals surface area contributed by atoms with Crippen molar-refractivity contribution in [3.63, 3.8) is 0 Å². The number of β-amino-alcohol motifs (C(OH)–C–C–N with tert-alkyl or cyclic N) is 1. The molecule has 0 fully saturated rings. The van der Waals surface area contributed by atoms with Crippen LogP contribution in [-0.2, 0) is 17.7 Å². The maximum Gasteiger partial charge on any atom is 0.341 e. The molecule has 17 heavy (non-hydrogen) atoms. The van der Waals surface area contributed by atoms with Crippen molar-refractivity contribution in [2.45, 2.75) is 13.0 Å². The number of fused-ring (bicyclic) bond motifs is 1. The van der Waals surface area contributed by atoms with Crippen molar-refractivity contribution in [3.8, 4) is 0 Å². The Morgan fingerprint density at radius 2 is 2.41 bits per heavy atom. The van der Waals surface area contributed by atoms with Gasteiger partial charge in [0.2, 0.25) is 0 Å². The summed E-state index contributed by atoms with van der Waals surface area (Å²) in [6, 6.07) is 0. The molecule has 5 nitrogen and oxygen atoms in total. The van der Waals surface area contributed by atoms with Crippen LogP contribution in [0.25, 0.3) is 0 Å². The lowest BCUT2D eigenvalue weighted by Gasteiger charge is -2.26.